The smallest absolute Gasteiger partial charge is 0.175 e. The minimum Gasteiger partial charge on any atom is -0.349 e. The van der Waals surface area contributed by atoms with Crippen molar-refractivity contribution < 1.29 is 4.79 Å². The number of ketones is 1. The number of aryl methyl sites for hydroxylation is 2. The van der Waals surface area contributed by atoms with Crippen molar-refractivity contribution >= 4 is 17.5 Å². The molecule has 0 saturated carbocycles. The second-order valence-electron chi connectivity index (χ2n) is 4.74. The van der Waals surface area contributed by atoms with Gasteiger partial charge in [-0.1, -0.05) is 11.8 Å². The van der Waals surface area contributed by atoms with Crippen LogP contribution in [0.4, 0.5) is 0 Å². The standard InChI is InChI=1S/C15H21N3OS/c1-5-17-8-7-16-15(17)20-10-14(19)13-9-11(3)18(6-2)12(13)4/h7-9H,5-6,10H2,1-4H3. The Morgan fingerprint density at radius 3 is 2.65 bits per heavy atom. The van der Waals surface area contributed by atoms with Gasteiger partial charge in [0.2, 0.25) is 0 Å². The van der Waals surface area contributed by atoms with Crippen molar-refractivity contribution in [1.82, 2.24) is 14.1 Å². The number of Topliss-reactive ketones (excluding diaryl/α,β-unsaturated/α-hetero) is 1. The van der Waals surface area contributed by atoms with Crippen LogP contribution in [-0.2, 0) is 13.1 Å². The Morgan fingerprint density at radius 1 is 1.30 bits per heavy atom. The maximum Gasteiger partial charge on any atom is 0.175 e. The maximum absolute atomic E-state index is 12.4. The first-order chi connectivity index (χ1) is 9.58. The van der Waals surface area contributed by atoms with Crippen LogP contribution in [0, 0.1) is 13.8 Å². The van der Waals surface area contributed by atoms with Gasteiger partial charge >= 0.3 is 0 Å². The van der Waals surface area contributed by atoms with E-state index in [-0.39, 0.29) is 5.78 Å². The topological polar surface area (TPSA) is 39.8 Å². The van der Waals surface area contributed by atoms with E-state index in [1.807, 2.05) is 30.7 Å². The van der Waals surface area contributed by atoms with Gasteiger partial charge in [-0.2, -0.15) is 0 Å². The minimum atomic E-state index is 0.174. The van der Waals surface area contributed by atoms with Crippen LogP contribution in [0.3, 0.4) is 0 Å². The van der Waals surface area contributed by atoms with Gasteiger partial charge in [0.1, 0.15) is 0 Å². The third-order valence-electron chi connectivity index (χ3n) is 3.54. The van der Waals surface area contributed by atoms with E-state index in [2.05, 4.69) is 23.4 Å². The molecule has 0 spiro atoms. The number of rotatable bonds is 6. The van der Waals surface area contributed by atoms with Crippen LogP contribution in [0.15, 0.2) is 23.6 Å². The molecule has 0 amide bonds. The summed E-state index contributed by atoms with van der Waals surface area (Å²) in [6, 6.07) is 1.99. The molecule has 0 aromatic carbocycles. The molecule has 20 heavy (non-hydrogen) atoms. The fraction of sp³-hybridized carbons (Fsp3) is 0.467. The summed E-state index contributed by atoms with van der Waals surface area (Å²) in [6.07, 6.45) is 3.72. The minimum absolute atomic E-state index is 0.174. The number of hydrogen-bond donors (Lipinski definition) is 0. The second-order valence-corrected chi connectivity index (χ2v) is 5.68. The van der Waals surface area contributed by atoms with Crippen LogP contribution in [0.2, 0.25) is 0 Å². The van der Waals surface area contributed by atoms with Gasteiger partial charge in [-0.3, -0.25) is 4.79 Å². The number of hydrogen-bond acceptors (Lipinski definition) is 3. The number of thioether (sulfide) groups is 1. The number of aromatic nitrogens is 3. The maximum atomic E-state index is 12.4. The van der Waals surface area contributed by atoms with Gasteiger partial charge in [0.15, 0.2) is 10.9 Å². The summed E-state index contributed by atoms with van der Waals surface area (Å²) >= 11 is 1.51. The number of carbonyl (C=O) groups is 1. The molecule has 2 aromatic heterocycles. The Labute approximate surface area is 124 Å². The molecule has 0 aliphatic carbocycles. The Bertz CT molecular complexity index is 613. The molecule has 2 rings (SSSR count). The van der Waals surface area contributed by atoms with E-state index < -0.39 is 0 Å². The summed E-state index contributed by atoms with van der Waals surface area (Å²) in [5, 5.41) is 0.908. The van der Waals surface area contributed by atoms with Crippen LogP contribution < -0.4 is 0 Å². The summed E-state index contributed by atoms with van der Waals surface area (Å²) < 4.78 is 4.22. The normalized spacial score (nSPS) is 11.0. The highest BCUT2D eigenvalue weighted by Gasteiger charge is 2.16. The molecule has 2 aromatic rings. The Morgan fingerprint density at radius 2 is 2.05 bits per heavy atom. The van der Waals surface area contributed by atoms with E-state index in [0.29, 0.717) is 5.75 Å². The number of carbonyl (C=O) groups excluding carboxylic acids is 1. The average Bonchev–Trinajstić information content (AvgIpc) is 3.00. The predicted molar refractivity (Wildman–Crippen MR) is 82.5 cm³/mol. The fourth-order valence-electron chi connectivity index (χ4n) is 2.45. The van der Waals surface area contributed by atoms with E-state index in [9.17, 15) is 4.79 Å². The van der Waals surface area contributed by atoms with Gasteiger partial charge in [-0.25, -0.2) is 4.98 Å². The Kier molecular flexibility index (Phi) is 4.70. The SMILES string of the molecule is CCn1ccnc1SCC(=O)c1cc(C)n(CC)c1C. The molecule has 108 valence electrons. The van der Waals surface area contributed by atoms with Crippen LogP contribution in [0.1, 0.15) is 35.6 Å². The Hall–Kier alpha value is -1.49. The highest BCUT2D eigenvalue weighted by atomic mass is 32.2. The van der Waals surface area contributed by atoms with Crippen molar-refractivity contribution in [3.63, 3.8) is 0 Å². The molecule has 0 unspecified atom stereocenters. The molecule has 4 nitrogen and oxygen atoms in total. The number of nitrogens with zero attached hydrogens (tertiary/aromatic N) is 3. The van der Waals surface area contributed by atoms with Gasteiger partial charge in [-0.05, 0) is 33.8 Å². The summed E-state index contributed by atoms with van der Waals surface area (Å²) in [6.45, 7) is 10.0. The highest BCUT2D eigenvalue weighted by Crippen LogP contribution is 2.21. The lowest BCUT2D eigenvalue weighted by Gasteiger charge is -2.06. The van der Waals surface area contributed by atoms with E-state index in [0.717, 1.165) is 35.2 Å². The van der Waals surface area contributed by atoms with Crippen molar-refractivity contribution in [1.29, 1.82) is 0 Å². The molecular formula is C15H21N3OS. The van der Waals surface area contributed by atoms with E-state index >= 15 is 0 Å². The van der Waals surface area contributed by atoms with Crippen molar-refractivity contribution in [2.75, 3.05) is 5.75 Å². The lowest BCUT2D eigenvalue weighted by molar-refractivity contribution is 0.102. The molecule has 0 aliphatic rings. The summed E-state index contributed by atoms with van der Waals surface area (Å²) in [5.74, 6) is 0.610. The highest BCUT2D eigenvalue weighted by molar-refractivity contribution is 7.99. The molecule has 0 N–H and O–H groups in total. The van der Waals surface area contributed by atoms with Crippen LogP contribution in [0.25, 0.3) is 0 Å². The molecule has 0 radical (unpaired) electrons. The zero-order valence-corrected chi connectivity index (χ0v) is 13.3. The molecule has 0 saturated heterocycles. The monoisotopic (exact) mass is 291 g/mol. The molecule has 0 fully saturated rings. The van der Waals surface area contributed by atoms with Crippen LogP contribution in [-0.4, -0.2) is 25.7 Å². The first-order valence-electron chi connectivity index (χ1n) is 6.92. The lowest BCUT2D eigenvalue weighted by atomic mass is 10.2. The van der Waals surface area contributed by atoms with Crippen LogP contribution in [0.5, 0.6) is 0 Å². The third-order valence-corrected chi connectivity index (χ3v) is 4.55. The lowest BCUT2D eigenvalue weighted by Crippen LogP contribution is -2.06. The zero-order valence-electron chi connectivity index (χ0n) is 12.5. The van der Waals surface area contributed by atoms with Gasteiger partial charge in [0, 0.05) is 42.4 Å². The molecule has 5 heteroatoms. The fourth-order valence-corrected chi connectivity index (χ4v) is 3.36. The largest absolute Gasteiger partial charge is 0.349 e. The first kappa shape index (κ1) is 14.9. The molecule has 0 aliphatic heterocycles. The van der Waals surface area contributed by atoms with E-state index in [1.165, 1.54) is 11.8 Å². The molecule has 0 atom stereocenters. The van der Waals surface area contributed by atoms with E-state index in [4.69, 9.17) is 0 Å². The van der Waals surface area contributed by atoms with Gasteiger partial charge in [0.25, 0.3) is 0 Å². The Balaban J connectivity index is 2.09. The second kappa shape index (κ2) is 6.31. The quantitative estimate of drug-likeness (QED) is 0.605. The van der Waals surface area contributed by atoms with Gasteiger partial charge < -0.3 is 9.13 Å². The first-order valence-corrected chi connectivity index (χ1v) is 7.90. The number of imidazole rings is 1. The summed E-state index contributed by atoms with van der Waals surface area (Å²) in [5.41, 5.74) is 3.05. The molecule has 2 heterocycles. The molecular weight excluding hydrogens is 270 g/mol. The zero-order chi connectivity index (χ0) is 14.7. The van der Waals surface area contributed by atoms with Gasteiger partial charge in [-0.15, -0.1) is 0 Å². The van der Waals surface area contributed by atoms with Crippen molar-refractivity contribution in [2.45, 2.75) is 45.9 Å². The van der Waals surface area contributed by atoms with Crippen LogP contribution >= 0.6 is 11.8 Å². The van der Waals surface area contributed by atoms with Gasteiger partial charge in [0.05, 0.1) is 5.75 Å². The van der Waals surface area contributed by atoms with Crippen molar-refractivity contribution in [3.05, 3.63) is 35.4 Å². The summed E-state index contributed by atoms with van der Waals surface area (Å²) in [7, 11) is 0. The average molecular weight is 291 g/mol. The third kappa shape index (κ3) is 2.82. The van der Waals surface area contributed by atoms with E-state index in [1.54, 1.807) is 6.20 Å². The van der Waals surface area contributed by atoms with Crippen molar-refractivity contribution in [3.8, 4) is 0 Å². The summed E-state index contributed by atoms with van der Waals surface area (Å²) in [4.78, 5) is 16.7. The predicted octanol–water partition coefficient (Wildman–Crippen LogP) is 3.32. The molecule has 0 bridgehead atoms. The van der Waals surface area contributed by atoms with Crippen molar-refractivity contribution in [2.24, 2.45) is 0 Å².